The number of benzene rings is 1. The molecule has 1 aliphatic heterocycles. The number of nitrogens with zero attached hydrogens (tertiary/aromatic N) is 1. The monoisotopic (exact) mass is 219 g/mol. The molecule has 0 atom stereocenters. The number of carbonyl (C=O) groups excluding carboxylic acids is 1. The third-order valence-electron chi connectivity index (χ3n) is 2.93. The summed E-state index contributed by atoms with van der Waals surface area (Å²) in [6.07, 6.45) is 2.12. The van der Waals surface area contributed by atoms with Crippen molar-refractivity contribution >= 4 is 17.3 Å². The minimum Gasteiger partial charge on any atom is -0.399 e. The normalized spacial score (nSPS) is 14.4. The molecule has 1 amide bonds. The lowest BCUT2D eigenvalue weighted by Gasteiger charge is -2.30. The summed E-state index contributed by atoms with van der Waals surface area (Å²) in [6, 6.07) is 5.90. The number of rotatable bonds is 2. The van der Waals surface area contributed by atoms with E-state index in [1.54, 1.807) is 7.05 Å². The van der Waals surface area contributed by atoms with Gasteiger partial charge in [-0.2, -0.15) is 0 Å². The third-order valence-corrected chi connectivity index (χ3v) is 2.93. The van der Waals surface area contributed by atoms with Crippen LogP contribution in [0.15, 0.2) is 18.2 Å². The minimum atomic E-state index is 0.0460. The van der Waals surface area contributed by atoms with Crippen molar-refractivity contribution in [2.24, 2.45) is 0 Å². The summed E-state index contributed by atoms with van der Waals surface area (Å²) in [5.74, 6) is 0.0460. The maximum absolute atomic E-state index is 11.4. The first-order valence-corrected chi connectivity index (χ1v) is 5.54. The second-order valence-electron chi connectivity index (χ2n) is 4.09. The van der Waals surface area contributed by atoms with Crippen LogP contribution in [0.1, 0.15) is 12.0 Å². The summed E-state index contributed by atoms with van der Waals surface area (Å²) in [7, 11) is 1.66. The maximum Gasteiger partial charge on any atom is 0.239 e. The van der Waals surface area contributed by atoms with Crippen molar-refractivity contribution in [3.8, 4) is 0 Å². The molecule has 3 N–H and O–H groups in total. The smallest absolute Gasteiger partial charge is 0.239 e. The van der Waals surface area contributed by atoms with Gasteiger partial charge in [0.15, 0.2) is 0 Å². The van der Waals surface area contributed by atoms with Gasteiger partial charge in [-0.05, 0) is 36.6 Å². The third kappa shape index (κ3) is 2.10. The summed E-state index contributed by atoms with van der Waals surface area (Å²) in [5, 5.41) is 2.65. The van der Waals surface area contributed by atoms with Crippen LogP contribution in [0.25, 0.3) is 0 Å². The van der Waals surface area contributed by atoms with Gasteiger partial charge in [0.2, 0.25) is 5.91 Å². The molecule has 0 radical (unpaired) electrons. The number of anilines is 2. The fourth-order valence-corrected chi connectivity index (χ4v) is 2.11. The lowest BCUT2D eigenvalue weighted by Crippen LogP contribution is -2.38. The number of nitrogen functional groups attached to an aromatic ring is 1. The number of hydrogen-bond donors (Lipinski definition) is 2. The zero-order valence-electron chi connectivity index (χ0n) is 9.49. The van der Waals surface area contributed by atoms with Crippen molar-refractivity contribution in [3.05, 3.63) is 23.8 Å². The number of hydrogen-bond acceptors (Lipinski definition) is 3. The van der Waals surface area contributed by atoms with Crippen LogP contribution in [0.4, 0.5) is 11.4 Å². The van der Waals surface area contributed by atoms with E-state index in [0.29, 0.717) is 6.54 Å². The van der Waals surface area contributed by atoms with E-state index >= 15 is 0 Å². The molecule has 1 aliphatic rings. The molecule has 4 nitrogen and oxygen atoms in total. The Morgan fingerprint density at radius 3 is 3.12 bits per heavy atom. The highest BCUT2D eigenvalue weighted by molar-refractivity contribution is 5.81. The fourth-order valence-electron chi connectivity index (χ4n) is 2.11. The Labute approximate surface area is 95.4 Å². The average molecular weight is 219 g/mol. The number of carbonyl (C=O) groups is 1. The lowest BCUT2D eigenvalue weighted by molar-refractivity contribution is -0.119. The Hall–Kier alpha value is -1.71. The Morgan fingerprint density at radius 2 is 2.38 bits per heavy atom. The van der Waals surface area contributed by atoms with E-state index in [9.17, 15) is 4.79 Å². The standard InChI is InChI=1S/C12H17N3O/c1-14-12(16)8-15-6-2-3-9-7-10(13)4-5-11(9)15/h4-5,7H,2-3,6,8,13H2,1H3,(H,14,16). The highest BCUT2D eigenvalue weighted by atomic mass is 16.1. The number of aryl methyl sites for hydroxylation is 1. The van der Waals surface area contributed by atoms with Gasteiger partial charge >= 0.3 is 0 Å². The summed E-state index contributed by atoms with van der Waals surface area (Å²) >= 11 is 0. The largest absolute Gasteiger partial charge is 0.399 e. The van der Waals surface area contributed by atoms with Crippen LogP contribution >= 0.6 is 0 Å². The van der Waals surface area contributed by atoms with Gasteiger partial charge in [-0.25, -0.2) is 0 Å². The first-order valence-electron chi connectivity index (χ1n) is 5.54. The van der Waals surface area contributed by atoms with Crippen LogP contribution < -0.4 is 16.0 Å². The summed E-state index contributed by atoms with van der Waals surface area (Å²) in [5.41, 5.74) is 8.94. The summed E-state index contributed by atoms with van der Waals surface area (Å²) < 4.78 is 0. The van der Waals surface area contributed by atoms with Crippen molar-refractivity contribution < 1.29 is 4.79 Å². The van der Waals surface area contributed by atoms with Crippen molar-refractivity contribution in [1.82, 2.24) is 5.32 Å². The average Bonchev–Trinajstić information content (AvgIpc) is 2.28. The van der Waals surface area contributed by atoms with Crippen LogP contribution in [0.5, 0.6) is 0 Å². The molecule has 0 spiro atoms. The van der Waals surface area contributed by atoms with Gasteiger partial charge in [0.1, 0.15) is 0 Å². The topological polar surface area (TPSA) is 58.4 Å². The zero-order valence-corrected chi connectivity index (χ0v) is 9.49. The van der Waals surface area contributed by atoms with Crippen LogP contribution in [0.3, 0.4) is 0 Å². The lowest BCUT2D eigenvalue weighted by atomic mass is 10.0. The minimum absolute atomic E-state index is 0.0460. The van der Waals surface area contributed by atoms with Gasteiger partial charge in [-0.15, -0.1) is 0 Å². The van der Waals surface area contributed by atoms with Gasteiger partial charge in [-0.3, -0.25) is 4.79 Å². The second-order valence-corrected chi connectivity index (χ2v) is 4.09. The molecule has 0 fully saturated rings. The number of nitrogens with one attached hydrogen (secondary N) is 1. The van der Waals surface area contributed by atoms with Crippen LogP contribution in [-0.2, 0) is 11.2 Å². The predicted molar refractivity (Wildman–Crippen MR) is 65.5 cm³/mol. The van der Waals surface area contributed by atoms with Gasteiger partial charge < -0.3 is 16.0 Å². The fraction of sp³-hybridized carbons (Fsp3) is 0.417. The molecule has 16 heavy (non-hydrogen) atoms. The van der Waals surface area contributed by atoms with E-state index in [-0.39, 0.29) is 5.91 Å². The number of nitrogens with two attached hydrogens (primary N) is 1. The molecule has 1 aromatic rings. The Bertz CT molecular complexity index is 403. The van der Waals surface area contributed by atoms with Crippen molar-refractivity contribution in [2.75, 3.05) is 30.8 Å². The second kappa shape index (κ2) is 4.43. The molecular weight excluding hydrogens is 202 g/mol. The highest BCUT2D eigenvalue weighted by Gasteiger charge is 2.18. The molecule has 0 unspecified atom stereocenters. The van der Waals surface area contributed by atoms with Gasteiger partial charge in [0, 0.05) is 25.0 Å². The van der Waals surface area contributed by atoms with E-state index < -0.39 is 0 Å². The first-order chi connectivity index (χ1) is 7.70. The number of likely N-dealkylation sites (N-methyl/N-ethyl adjacent to an activating group) is 1. The Kier molecular flexibility index (Phi) is 2.99. The van der Waals surface area contributed by atoms with Crippen LogP contribution in [0.2, 0.25) is 0 Å². The Morgan fingerprint density at radius 1 is 1.56 bits per heavy atom. The van der Waals surface area contributed by atoms with Gasteiger partial charge in [0.25, 0.3) is 0 Å². The molecule has 1 aromatic carbocycles. The molecule has 86 valence electrons. The van der Waals surface area contributed by atoms with E-state index in [1.807, 2.05) is 18.2 Å². The number of fused-ring (bicyclic) bond motifs is 1. The van der Waals surface area contributed by atoms with Crippen molar-refractivity contribution in [3.63, 3.8) is 0 Å². The van der Waals surface area contributed by atoms with Gasteiger partial charge in [-0.1, -0.05) is 0 Å². The molecule has 0 saturated carbocycles. The molecule has 0 aromatic heterocycles. The van der Waals surface area contributed by atoms with Crippen LogP contribution in [-0.4, -0.2) is 26.0 Å². The summed E-state index contributed by atoms with van der Waals surface area (Å²) in [6.45, 7) is 1.36. The van der Waals surface area contributed by atoms with Crippen molar-refractivity contribution in [2.45, 2.75) is 12.8 Å². The van der Waals surface area contributed by atoms with E-state index in [1.165, 1.54) is 5.56 Å². The predicted octanol–water partition coefficient (Wildman–Crippen LogP) is 0.767. The Balaban J connectivity index is 2.23. The molecular formula is C12H17N3O. The maximum atomic E-state index is 11.4. The van der Waals surface area contributed by atoms with E-state index in [2.05, 4.69) is 10.2 Å². The quantitative estimate of drug-likeness (QED) is 0.722. The van der Waals surface area contributed by atoms with Crippen molar-refractivity contribution in [1.29, 1.82) is 0 Å². The SMILES string of the molecule is CNC(=O)CN1CCCc2cc(N)ccc21. The molecule has 1 heterocycles. The highest BCUT2D eigenvalue weighted by Crippen LogP contribution is 2.28. The zero-order chi connectivity index (χ0) is 11.5. The molecule has 0 bridgehead atoms. The first kappa shape index (κ1) is 10.8. The molecule has 0 aliphatic carbocycles. The van der Waals surface area contributed by atoms with Crippen LogP contribution in [0, 0.1) is 0 Å². The van der Waals surface area contributed by atoms with E-state index in [4.69, 9.17) is 5.73 Å². The molecule has 4 heteroatoms. The van der Waals surface area contributed by atoms with E-state index in [0.717, 1.165) is 30.8 Å². The molecule has 0 saturated heterocycles. The van der Waals surface area contributed by atoms with Gasteiger partial charge in [0.05, 0.1) is 6.54 Å². The number of amides is 1. The molecule has 2 rings (SSSR count). The summed E-state index contributed by atoms with van der Waals surface area (Å²) in [4.78, 5) is 13.5.